The highest BCUT2D eigenvalue weighted by molar-refractivity contribution is 5.56. The zero-order chi connectivity index (χ0) is 6.24. The average Bonchev–Trinajstić information content (AvgIpc) is 1.81. The molecule has 0 bridgehead atoms. The number of hydrogen-bond donors (Lipinski definition) is 1. The Morgan fingerprint density at radius 2 is 2.38 bits per heavy atom. The summed E-state index contributed by atoms with van der Waals surface area (Å²) in [5, 5.41) is 8.25. The molecule has 8 heavy (non-hydrogen) atoms. The quantitative estimate of drug-likeness (QED) is 0.541. The zero-order valence-electron chi connectivity index (χ0n) is 5.30. The molecule has 0 aliphatic rings. The van der Waals surface area contributed by atoms with Crippen LogP contribution in [0, 0.1) is 0 Å². The van der Waals surface area contributed by atoms with E-state index in [4.69, 9.17) is 5.11 Å². The predicted molar refractivity (Wildman–Crippen MR) is 35.4 cm³/mol. The van der Waals surface area contributed by atoms with Gasteiger partial charge in [-0.3, -0.25) is 4.99 Å². The number of nitrogens with zero attached hydrogens (tertiary/aromatic N) is 1. The van der Waals surface area contributed by atoms with E-state index in [1.807, 2.05) is 6.21 Å². The van der Waals surface area contributed by atoms with E-state index in [0.29, 0.717) is 6.54 Å². The van der Waals surface area contributed by atoms with Crippen LogP contribution in [0.15, 0.2) is 4.99 Å². The van der Waals surface area contributed by atoms with E-state index in [1.165, 1.54) is 0 Å². The van der Waals surface area contributed by atoms with Crippen molar-refractivity contribution in [2.75, 3.05) is 13.2 Å². The van der Waals surface area contributed by atoms with E-state index in [-0.39, 0.29) is 6.61 Å². The molecule has 0 aromatic heterocycles. The first-order valence-electron chi connectivity index (χ1n) is 3.01. The molecule has 0 fully saturated rings. The highest BCUT2D eigenvalue weighted by Crippen LogP contribution is 1.79. The van der Waals surface area contributed by atoms with Crippen molar-refractivity contribution in [2.24, 2.45) is 4.99 Å². The second kappa shape index (κ2) is 6.63. The molecule has 0 aromatic carbocycles. The molecule has 2 nitrogen and oxygen atoms in total. The fraction of sp³-hybridized carbons (Fsp3) is 0.833. The van der Waals surface area contributed by atoms with E-state index in [2.05, 4.69) is 11.9 Å². The maximum Gasteiger partial charge on any atom is 0.0626 e. The Morgan fingerprint density at radius 3 is 2.88 bits per heavy atom. The van der Waals surface area contributed by atoms with E-state index in [1.54, 1.807) is 0 Å². The normalized spacial score (nSPS) is 10.8. The highest BCUT2D eigenvalue weighted by atomic mass is 16.3. The minimum Gasteiger partial charge on any atom is -0.394 e. The van der Waals surface area contributed by atoms with Gasteiger partial charge in [0.05, 0.1) is 13.2 Å². The van der Waals surface area contributed by atoms with Crippen molar-refractivity contribution in [3.8, 4) is 0 Å². The first-order chi connectivity index (χ1) is 3.91. The van der Waals surface area contributed by atoms with E-state index in [0.717, 1.165) is 12.8 Å². The standard InChI is InChI=1S/C6H13NO/c1-2-3-4-7-5-6-8/h4,8H,2-3,5-6H2,1H3. The van der Waals surface area contributed by atoms with Crippen LogP contribution >= 0.6 is 0 Å². The topological polar surface area (TPSA) is 32.6 Å². The first-order valence-corrected chi connectivity index (χ1v) is 3.01. The van der Waals surface area contributed by atoms with Gasteiger partial charge in [0.2, 0.25) is 0 Å². The van der Waals surface area contributed by atoms with Gasteiger partial charge in [0.15, 0.2) is 0 Å². The predicted octanol–water partition coefficient (Wildman–Crippen LogP) is 0.850. The summed E-state index contributed by atoms with van der Waals surface area (Å²) in [7, 11) is 0. The van der Waals surface area contributed by atoms with Crippen molar-refractivity contribution >= 4 is 6.21 Å². The van der Waals surface area contributed by atoms with Crippen LogP contribution in [0.4, 0.5) is 0 Å². The first kappa shape index (κ1) is 7.63. The minimum absolute atomic E-state index is 0.167. The fourth-order valence-corrected chi connectivity index (χ4v) is 0.369. The third-order valence-electron chi connectivity index (χ3n) is 0.776. The molecular weight excluding hydrogens is 102 g/mol. The molecule has 0 amide bonds. The number of hydrogen-bond acceptors (Lipinski definition) is 2. The van der Waals surface area contributed by atoms with Gasteiger partial charge in [0, 0.05) is 0 Å². The summed E-state index contributed by atoms with van der Waals surface area (Å²) in [6, 6.07) is 0. The Bertz CT molecular complexity index is 53.5. The van der Waals surface area contributed by atoms with Crippen LogP contribution in [-0.4, -0.2) is 24.5 Å². The van der Waals surface area contributed by atoms with Gasteiger partial charge in [-0.2, -0.15) is 0 Å². The highest BCUT2D eigenvalue weighted by Gasteiger charge is 1.73. The van der Waals surface area contributed by atoms with Crippen molar-refractivity contribution in [2.45, 2.75) is 19.8 Å². The number of rotatable bonds is 4. The van der Waals surface area contributed by atoms with Crippen LogP contribution < -0.4 is 0 Å². The van der Waals surface area contributed by atoms with Crippen LogP contribution in [0.25, 0.3) is 0 Å². The molecule has 0 saturated carbocycles. The molecule has 0 atom stereocenters. The van der Waals surface area contributed by atoms with Crippen molar-refractivity contribution in [1.29, 1.82) is 0 Å². The molecular formula is C6H13NO. The lowest BCUT2D eigenvalue weighted by Gasteiger charge is -1.83. The van der Waals surface area contributed by atoms with Gasteiger partial charge in [-0.15, -0.1) is 0 Å². The average molecular weight is 115 g/mol. The summed E-state index contributed by atoms with van der Waals surface area (Å²) in [5.41, 5.74) is 0. The molecule has 2 heteroatoms. The third-order valence-corrected chi connectivity index (χ3v) is 0.776. The molecule has 0 spiro atoms. The van der Waals surface area contributed by atoms with Crippen molar-refractivity contribution in [3.05, 3.63) is 0 Å². The summed E-state index contributed by atoms with van der Waals surface area (Å²) >= 11 is 0. The Balaban J connectivity index is 2.83. The van der Waals surface area contributed by atoms with Gasteiger partial charge < -0.3 is 5.11 Å². The van der Waals surface area contributed by atoms with Gasteiger partial charge in [-0.1, -0.05) is 13.3 Å². The van der Waals surface area contributed by atoms with Crippen molar-refractivity contribution in [3.63, 3.8) is 0 Å². The van der Waals surface area contributed by atoms with Gasteiger partial charge in [-0.05, 0) is 12.6 Å². The fourth-order valence-electron chi connectivity index (χ4n) is 0.369. The molecule has 0 heterocycles. The molecule has 0 saturated heterocycles. The van der Waals surface area contributed by atoms with Crippen LogP contribution in [0.3, 0.4) is 0 Å². The lowest BCUT2D eigenvalue weighted by molar-refractivity contribution is 0.307. The zero-order valence-corrected chi connectivity index (χ0v) is 5.30. The second-order valence-electron chi connectivity index (χ2n) is 1.60. The van der Waals surface area contributed by atoms with Crippen molar-refractivity contribution < 1.29 is 5.11 Å². The van der Waals surface area contributed by atoms with Crippen LogP contribution in [-0.2, 0) is 0 Å². The van der Waals surface area contributed by atoms with Crippen LogP contribution in [0.5, 0.6) is 0 Å². The summed E-state index contributed by atoms with van der Waals surface area (Å²) in [4.78, 5) is 3.90. The number of aliphatic hydroxyl groups excluding tert-OH is 1. The molecule has 48 valence electrons. The van der Waals surface area contributed by atoms with Crippen LogP contribution in [0.2, 0.25) is 0 Å². The van der Waals surface area contributed by atoms with Crippen molar-refractivity contribution in [1.82, 2.24) is 0 Å². The molecule has 1 N–H and O–H groups in total. The van der Waals surface area contributed by atoms with Gasteiger partial charge in [0.25, 0.3) is 0 Å². The van der Waals surface area contributed by atoms with Gasteiger partial charge in [-0.25, -0.2) is 0 Å². The molecule has 0 aliphatic heterocycles. The number of aliphatic hydroxyl groups is 1. The smallest absolute Gasteiger partial charge is 0.0626 e. The van der Waals surface area contributed by atoms with Gasteiger partial charge in [0.1, 0.15) is 0 Å². The molecule has 0 rings (SSSR count). The molecule has 0 aliphatic carbocycles. The molecule has 0 aromatic rings. The maximum atomic E-state index is 8.25. The van der Waals surface area contributed by atoms with Crippen LogP contribution in [0.1, 0.15) is 19.8 Å². The largest absolute Gasteiger partial charge is 0.394 e. The van der Waals surface area contributed by atoms with Gasteiger partial charge >= 0.3 is 0 Å². The van der Waals surface area contributed by atoms with E-state index < -0.39 is 0 Å². The Hall–Kier alpha value is -0.370. The lowest BCUT2D eigenvalue weighted by atomic mass is 10.4. The van der Waals surface area contributed by atoms with E-state index >= 15 is 0 Å². The summed E-state index contributed by atoms with van der Waals surface area (Å²) < 4.78 is 0. The lowest BCUT2D eigenvalue weighted by Crippen LogP contribution is -1.86. The Kier molecular flexibility index (Phi) is 6.32. The summed E-state index contributed by atoms with van der Waals surface area (Å²) in [6.07, 6.45) is 4.02. The minimum atomic E-state index is 0.167. The Morgan fingerprint density at radius 1 is 1.62 bits per heavy atom. The third kappa shape index (κ3) is 5.63. The summed E-state index contributed by atoms with van der Waals surface area (Å²) in [6.45, 7) is 2.82. The monoisotopic (exact) mass is 115 g/mol. The molecule has 0 unspecified atom stereocenters. The molecule has 0 radical (unpaired) electrons. The number of aliphatic imine (C=N–C) groups is 1. The SMILES string of the molecule is CCCC=NCCO. The maximum absolute atomic E-state index is 8.25. The Labute approximate surface area is 50.3 Å². The number of unbranched alkanes of at least 4 members (excludes halogenated alkanes) is 1. The van der Waals surface area contributed by atoms with E-state index in [9.17, 15) is 0 Å². The summed E-state index contributed by atoms with van der Waals surface area (Å²) in [5.74, 6) is 0. The second-order valence-corrected chi connectivity index (χ2v) is 1.60.